The molecule has 2 aromatic rings. The Balaban J connectivity index is 2.16. The Bertz CT molecular complexity index is 739. The van der Waals surface area contributed by atoms with E-state index in [1.165, 1.54) is 12.1 Å². The second-order valence-electron chi connectivity index (χ2n) is 4.94. The zero-order valence-electron chi connectivity index (χ0n) is 12.2. The lowest BCUT2D eigenvalue weighted by Gasteiger charge is -2.13. The second-order valence-corrected chi connectivity index (χ2v) is 7.45. The van der Waals surface area contributed by atoms with E-state index in [2.05, 4.69) is 4.72 Å². The molecule has 7 heteroatoms. The van der Waals surface area contributed by atoms with E-state index in [1.54, 1.807) is 6.07 Å². The molecule has 0 bridgehead atoms. The number of anilines is 1. The monoisotopic (exact) mass is 358 g/mol. The van der Waals surface area contributed by atoms with Crippen molar-refractivity contribution in [3.05, 3.63) is 58.1 Å². The second kappa shape index (κ2) is 6.87. The molecule has 0 aliphatic rings. The summed E-state index contributed by atoms with van der Waals surface area (Å²) in [6.45, 7) is 0.164. The molecule has 0 amide bonds. The first-order valence-corrected chi connectivity index (χ1v) is 8.75. The van der Waals surface area contributed by atoms with Gasteiger partial charge in [-0.1, -0.05) is 41.4 Å². The lowest BCUT2D eigenvalue weighted by Crippen LogP contribution is -2.24. The highest BCUT2D eigenvalue weighted by molar-refractivity contribution is 7.89. The number of hydrogen-bond acceptors (Lipinski definition) is 3. The van der Waals surface area contributed by atoms with Crippen molar-refractivity contribution in [2.75, 3.05) is 19.0 Å². The van der Waals surface area contributed by atoms with Crippen LogP contribution in [0.1, 0.15) is 5.56 Å². The van der Waals surface area contributed by atoms with E-state index in [0.29, 0.717) is 0 Å². The molecule has 0 aliphatic heterocycles. The topological polar surface area (TPSA) is 49.4 Å². The number of nitrogens with one attached hydrogen (secondary N) is 1. The van der Waals surface area contributed by atoms with Crippen molar-refractivity contribution in [1.29, 1.82) is 0 Å². The quantitative estimate of drug-likeness (QED) is 0.889. The van der Waals surface area contributed by atoms with Crippen molar-refractivity contribution in [2.45, 2.75) is 11.4 Å². The van der Waals surface area contributed by atoms with Crippen LogP contribution in [0, 0.1) is 0 Å². The average molecular weight is 359 g/mol. The molecular weight excluding hydrogens is 343 g/mol. The van der Waals surface area contributed by atoms with E-state index in [0.717, 1.165) is 11.3 Å². The van der Waals surface area contributed by atoms with Gasteiger partial charge >= 0.3 is 0 Å². The largest absolute Gasteiger partial charge is 0.378 e. The van der Waals surface area contributed by atoms with E-state index in [9.17, 15) is 8.42 Å². The Labute approximate surface area is 140 Å². The molecule has 2 aromatic carbocycles. The Morgan fingerprint density at radius 1 is 1.00 bits per heavy atom. The molecule has 0 fully saturated rings. The Morgan fingerprint density at radius 2 is 1.55 bits per heavy atom. The lowest BCUT2D eigenvalue weighted by molar-refractivity contribution is 0.581. The minimum atomic E-state index is -3.77. The highest BCUT2D eigenvalue weighted by Gasteiger charge is 2.21. The van der Waals surface area contributed by atoms with Crippen LogP contribution < -0.4 is 9.62 Å². The van der Waals surface area contributed by atoms with Gasteiger partial charge < -0.3 is 4.90 Å². The van der Waals surface area contributed by atoms with Crippen LogP contribution >= 0.6 is 23.2 Å². The minimum absolute atomic E-state index is 0.0942. The fourth-order valence-corrected chi connectivity index (χ4v) is 4.06. The predicted molar refractivity (Wildman–Crippen MR) is 91.3 cm³/mol. The molecule has 0 unspecified atom stereocenters. The Morgan fingerprint density at radius 3 is 2.05 bits per heavy atom. The third-order valence-electron chi connectivity index (χ3n) is 3.11. The van der Waals surface area contributed by atoms with E-state index in [4.69, 9.17) is 23.2 Å². The standard InChI is InChI=1S/C15H16Cl2N2O2S/c1-19(2)12-8-6-11(7-9-12)10-18-22(20,21)15-13(16)4-3-5-14(15)17/h3-9,18H,10H2,1-2H3. The van der Waals surface area contributed by atoms with Gasteiger partial charge in [-0.3, -0.25) is 0 Å². The van der Waals surface area contributed by atoms with Gasteiger partial charge in [-0.05, 0) is 29.8 Å². The zero-order valence-corrected chi connectivity index (χ0v) is 14.5. The highest BCUT2D eigenvalue weighted by Crippen LogP contribution is 2.28. The normalized spacial score (nSPS) is 11.5. The van der Waals surface area contributed by atoms with E-state index >= 15 is 0 Å². The van der Waals surface area contributed by atoms with Gasteiger partial charge in [-0.25, -0.2) is 13.1 Å². The summed E-state index contributed by atoms with van der Waals surface area (Å²) in [4.78, 5) is 1.88. The van der Waals surface area contributed by atoms with Gasteiger partial charge in [0.25, 0.3) is 0 Å². The summed E-state index contributed by atoms with van der Waals surface area (Å²) in [6.07, 6.45) is 0. The summed E-state index contributed by atoms with van der Waals surface area (Å²) in [6, 6.07) is 12.2. The fraction of sp³-hybridized carbons (Fsp3) is 0.200. The number of hydrogen-bond donors (Lipinski definition) is 1. The summed E-state index contributed by atoms with van der Waals surface area (Å²) in [5.74, 6) is 0. The molecule has 0 saturated heterocycles. The molecule has 2 rings (SSSR count). The molecule has 0 saturated carbocycles. The fourth-order valence-electron chi connectivity index (χ4n) is 1.90. The molecule has 118 valence electrons. The summed E-state index contributed by atoms with van der Waals surface area (Å²) in [7, 11) is 0.113. The number of halogens is 2. The van der Waals surface area contributed by atoms with Gasteiger partial charge in [0.2, 0.25) is 10.0 Å². The molecule has 0 aromatic heterocycles. The van der Waals surface area contributed by atoms with Crippen molar-refractivity contribution < 1.29 is 8.42 Å². The van der Waals surface area contributed by atoms with Crippen molar-refractivity contribution >= 4 is 38.9 Å². The van der Waals surface area contributed by atoms with Crippen LogP contribution in [0.25, 0.3) is 0 Å². The van der Waals surface area contributed by atoms with Gasteiger partial charge in [0.05, 0.1) is 10.0 Å². The summed E-state index contributed by atoms with van der Waals surface area (Å²) in [5, 5.41) is 0.200. The van der Waals surface area contributed by atoms with Crippen LogP contribution in [0.3, 0.4) is 0 Å². The summed E-state index contributed by atoms with van der Waals surface area (Å²) < 4.78 is 27.2. The molecular formula is C15H16Cl2N2O2S. The van der Waals surface area contributed by atoms with Gasteiger partial charge in [-0.2, -0.15) is 0 Å². The summed E-state index contributed by atoms with van der Waals surface area (Å²) in [5.41, 5.74) is 1.89. The van der Waals surface area contributed by atoms with Crippen molar-refractivity contribution in [1.82, 2.24) is 4.72 Å². The molecule has 0 atom stereocenters. The van der Waals surface area contributed by atoms with E-state index in [-0.39, 0.29) is 21.5 Å². The molecule has 0 aliphatic carbocycles. The number of rotatable bonds is 5. The van der Waals surface area contributed by atoms with Gasteiger partial charge in [0.1, 0.15) is 4.90 Å². The van der Waals surface area contributed by atoms with E-state index < -0.39 is 10.0 Å². The molecule has 0 spiro atoms. The molecule has 0 radical (unpaired) electrons. The third-order valence-corrected chi connectivity index (χ3v) is 5.46. The van der Waals surface area contributed by atoms with Crippen molar-refractivity contribution in [2.24, 2.45) is 0 Å². The first-order chi connectivity index (χ1) is 10.3. The van der Waals surface area contributed by atoms with Gasteiger partial charge in [0, 0.05) is 26.3 Å². The SMILES string of the molecule is CN(C)c1ccc(CNS(=O)(=O)c2c(Cl)cccc2Cl)cc1. The van der Waals surface area contributed by atoms with Crippen LogP contribution in [-0.2, 0) is 16.6 Å². The number of benzene rings is 2. The molecule has 22 heavy (non-hydrogen) atoms. The van der Waals surface area contributed by atoms with Gasteiger partial charge in [-0.15, -0.1) is 0 Å². The van der Waals surface area contributed by atoms with Crippen LogP contribution in [0.4, 0.5) is 5.69 Å². The van der Waals surface area contributed by atoms with Crippen LogP contribution in [0.15, 0.2) is 47.4 Å². The maximum absolute atomic E-state index is 12.3. The van der Waals surface area contributed by atoms with E-state index in [1.807, 2.05) is 43.3 Å². The zero-order chi connectivity index (χ0) is 16.3. The average Bonchev–Trinajstić information content (AvgIpc) is 2.45. The predicted octanol–water partition coefficient (Wildman–Crippen LogP) is 3.54. The Kier molecular flexibility index (Phi) is 5.34. The maximum Gasteiger partial charge on any atom is 0.243 e. The van der Waals surface area contributed by atoms with Crippen molar-refractivity contribution in [3.63, 3.8) is 0 Å². The first kappa shape index (κ1) is 17.1. The van der Waals surface area contributed by atoms with Crippen LogP contribution in [0.5, 0.6) is 0 Å². The number of nitrogens with zero attached hydrogens (tertiary/aromatic N) is 1. The van der Waals surface area contributed by atoms with Crippen molar-refractivity contribution in [3.8, 4) is 0 Å². The molecule has 1 N–H and O–H groups in total. The van der Waals surface area contributed by atoms with Crippen LogP contribution in [-0.4, -0.2) is 22.5 Å². The Hall–Kier alpha value is -1.27. The molecule has 0 heterocycles. The van der Waals surface area contributed by atoms with Crippen LogP contribution in [0.2, 0.25) is 10.0 Å². The molecule has 4 nitrogen and oxygen atoms in total. The highest BCUT2D eigenvalue weighted by atomic mass is 35.5. The number of sulfonamides is 1. The van der Waals surface area contributed by atoms with Gasteiger partial charge in [0.15, 0.2) is 0 Å². The summed E-state index contributed by atoms with van der Waals surface area (Å²) >= 11 is 11.9. The maximum atomic E-state index is 12.3. The third kappa shape index (κ3) is 3.93. The minimum Gasteiger partial charge on any atom is -0.378 e. The lowest BCUT2D eigenvalue weighted by atomic mass is 10.2. The first-order valence-electron chi connectivity index (χ1n) is 6.51. The smallest absolute Gasteiger partial charge is 0.243 e.